The molecule has 0 aliphatic carbocycles. The number of halogens is 1. The van der Waals surface area contributed by atoms with E-state index >= 15 is 0 Å². The third-order valence-corrected chi connectivity index (χ3v) is 5.54. The first kappa shape index (κ1) is 18.4. The van der Waals surface area contributed by atoms with Gasteiger partial charge in [0.15, 0.2) is 0 Å². The van der Waals surface area contributed by atoms with Gasteiger partial charge in [0.25, 0.3) is 0 Å². The molecule has 0 saturated heterocycles. The van der Waals surface area contributed by atoms with E-state index < -0.39 is 0 Å². The Bertz CT molecular complexity index is 1580. The van der Waals surface area contributed by atoms with Crippen molar-refractivity contribution in [2.75, 3.05) is 0 Å². The maximum absolute atomic E-state index is 14.0. The molecule has 0 atom stereocenters. The monoisotopic (exact) mass is 420 g/mol. The average molecular weight is 420 g/mol. The minimum atomic E-state index is -0.265. The van der Waals surface area contributed by atoms with E-state index in [0.717, 1.165) is 55.6 Å². The van der Waals surface area contributed by atoms with Gasteiger partial charge in [0.1, 0.15) is 17.0 Å². The van der Waals surface area contributed by atoms with Gasteiger partial charge in [0, 0.05) is 35.1 Å². The van der Waals surface area contributed by atoms with Crippen molar-refractivity contribution in [3.63, 3.8) is 0 Å². The molecular formula is C25H17FN6. The molecule has 5 aromatic heterocycles. The summed E-state index contributed by atoms with van der Waals surface area (Å²) in [5.74, 6) is -0.265. The summed E-state index contributed by atoms with van der Waals surface area (Å²) in [6, 6.07) is 14.8. The molecule has 1 aromatic carbocycles. The number of H-pyrrole nitrogens is 2. The van der Waals surface area contributed by atoms with Crippen LogP contribution in [0.25, 0.3) is 55.7 Å². The highest BCUT2D eigenvalue weighted by Gasteiger charge is 2.16. The summed E-state index contributed by atoms with van der Waals surface area (Å²) in [7, 11) is 0. The molecule has 2 N–H and O–H groups in total. The van der Waals surface area contributed by atoms with Crippen molar-refractivity contribution in [3.8, 4) is 33.8 Å². The van der Waals surface area contributed by atoms with Gasteiger partial charge in [-0.1, -0.05) is 6.07 Å². The van der Waals surface area contributed by atoms with E-state index in [1.807, 2.05) is 43.3 Å². The van der Waals surface area contributed by atoms with Crippen LogP contribution in [-0.4, -0.2) is 30.1 Å². The van der Waals surface area contributed by atoms with Crippen LogP contribution in [0.3, 0.4) is 0 Å². The van der Waals surface area contributed by atoms with Crippen molar-refractivity contribution in [1.82, 2.24) is 30.1 Å². The number of rotatable bonds is 3. The molecule has 0 saturated carbocycles. The van der Waals surface area contributed by atoms with Crippen LogP contribution in [0, 0.1) is 12.7 Å². The van der Waals surface area contributed by atoms with E-state index in [1.165, 1.54) is 12.1 Å². The Kier molecular flexibility index (Phi) is 4.07. The van der Waals surface area contributed by atoms with Crippen LogP contribution in [0.4, 0.5) is 4.39 Å². The van der Waals surface area contributed by atoms with Crippen molar-refractivity contribution in [2.45, 2.75) is 6.92 Å². The number of fused-ring (bicyclic) bond motifs is 2. The summed E-state index contributed by atoms with van der Waals surface area (Å²) in [4.78, 5) is 16.7. The SMILES string of the molecule is Cc1cc(F)cc(-c2cncc3[nH]c(-c4n[nH]c5ccc(-c6ccncc6)nc45)cc23)c1. The molecule has 0 radical (unpaired) electrons. The molecule has 0 spiro atoms. The van der Waals surface area contributed by atoms with Gasteiger partial charge in [-0.2, -0.15) is 5.10 Å². The zero-order valence-corrected chi connectivity index (χ0v) is 17.1. The molecule has 0 bridgehead atoms. The van der Waals surface area contributed by atoms with Crippen molar-refractivity contribution in [1.29, 1.82) is 0 Å². The topological polar surface area (TPSA) is 83.1 Å². The van der Waals surface area contributed by atoms with Crippen LogP contribution in [-0.2, 0) is 0 Å². The van der Waals surface area contributed by atoms with E-state index in [1.54, 1.807) is 24.8 Å². The highest BCUT2D eigenvalue weighted by atomic mass is 19.1. The van der Waals surface area contributed by atoms with E-state index in [0.29, 0.717) is 5.69 Å². The molecule has 32 heavy (non-hydrogen) atoms. The molecule has 0 fully saturated rings. The minimum absolute atomic E-state index is 0.265. The summed E-state index contributed by atoms with van der Waals surface area (Å²) in [6.07, 6.45) is 7.02. The van der Waals surface area contributed by atoms with Gasteiger partial charge in [-0.05, 0) is 60.5 Å². The Morgan fingerprint density at radius 1 is 0.844 bits per heavy atom. The molecule has 154 valence electrons. The molecule has 6 aromatic rings. The predicted octanol–water partition coefficient (Wildman–Crippen LogP) is 5.68. The largest absolute Gasteiger partial charge is 0.352 e. The Balaban J connectivity index is 1.52. The number of nitrogens with zero attached hydrogens (tertiary/aromatic N) is 4. The summed E-state index contributed by atoms with van der Waals surface area (Å²) < 4.78 is 14.0. The van der Waals surface area contributed by atoms with Crippen molar-refractivity contribution >= 4 is 21.9 Å². The molecule has 7 heteroatoms. The van der Waals surface area contributed by atoms with Crippen LogP contribution in [0.2, 0.25) is 0 Å². The van der Waals surface area contributed by atoms with Gasteiger partial charge < -0.3 is 4.98 Å². The first-order valence-electron chi connectivity index (χ1n) is 10.2. The fraction of sp³-hybridized carbons (Fsp3) is 0.0400. The number of aromatic nitrogens is 6. The normalized spacial score (nSPS) is 11.4. The van der Waals surface area contributed by atoms with Crippen LogP contribution in [0.5, 0.6) is 0 Å². The lowest BCUT2D eigenvalue weighted by Crippen LogP contribution is -1.86. The minimum Gasteiger partial charge on any atom is -0.352 e. The van der Waals surface area contributed by atoms with Gasteiger partial charge in [-0.3, -0.25) is 15.1 Å². The lowest BCUT2D eigenvalue weighted by molar-refractivity contribution is 0.627. The van der Waals surface area contributed by atoms with Crippen molar-refractivity contribution in [3.05, 3.63) is 84.7 Å². The lowest BCUT2D eigenvalue weighted by atomic mass is 10.0. The van der Waals surface area contributed by atoms with Gasteiger partial charge in [-0.15, -0.1) is 0 Å². The highest BCUT2D eigenvalue weighted by molar-refractivity contribution is 6.00. The third-order valence-electron chi connectivity index (χ3n) is 5.54. The van der Waals surface area contributed by atoms with Crippen LogP contribution >= 0.6 is 0 Å². The summed E-state index contributed by atoms with van der Waals surface area (Å²) in [5, 5.41) is 8.52. The van der Waals surface area contributed by atoms with E-state index in [-0.39, 0.29) is 5.82 Å². The second kappa shape index (κ2) is 7.09. The predicted molar refractivity (Wildman–Crippen MR) is 122 cm³/mol. The fourth-order valence-corrected chi connectivity index (χ4v) is 4.07. The number of benzene rings is 1. The Morgan fingerprint density at radius 3 is 2.56 bits per heavy atom. The Hall–Kier alpha value is -4.39. The summed E-state index contributed by atoms with van der Waals surface area (Å²) in [6.45, 7) is 1.88. The molecule has 0 unspecified atom stereocenters. The number of aryl methyl sites for hydroxylation is 1. The third kappa shape index (κ3) is 3.02. The number of aromatic amines is 2. The first-order valence-corrected chi connectivity index (χ1v) is 10.2. The van der Waals surface area contributed by atoms with Gasteiger partial charge >= 0.3 is 0 Å². The quantitative estimate of drug-likeness (QED) is 0.386. The maximum Gasteiger partial charge on any atom is 0.135 e. The second-order valence-corrected chi connectivity index (χ2v) is 7.75. The van der Waals surface area contributed by atoms with Crippen molar-refractivity contribution in [2.24, 2.45) is 0 Å². The zero-order valence-electron chi connectivity index (χ0n) is 17.1. The molecule has 5 heterocycles. The number of hydrogen-bond donors (Lipinski definition) is 2. The molecule has 0 aliphatic heterocycles. The fourth-order valence-electron chi connectivity index (χ4n) is 4.07. The Labute approximate surface area is 182 Å². The van der Waals surface area contributed by atoms with Crippen LogP contribution in [0.15, 0.2) is 73.3 Å². The Morgan fingerprint density at radius 2 is 1.72 bits per heavy atom. The molecule has 0 aliphatic rings. The van der Waals surface area contributed by atoms with Crippen LogP contribution < -0.4 is 0 Å². The standard InChI is InChI=1S/C25H17FN6/c1-14-8-16(10-17(26)9-14)19-12-28-13-23-18(19)11-22(29-23)25-24-21(31-32-25)3-2-20(30-24)15-4-6-27-7-5-15/h2-13,29H,1H3,(H,31,32). The number of hydrogen-bond acceptors (Lipinski definition) is 4. The summed E-state index contributed by atoms with van der Waals surface area (Å²) >= 11 is 0. The zero-order chi connectivity index (χ0) is 21.7. The van der Waals surface area contributed by atoms with Crippen LogP contribution in [0.1, 0.15) is 5.56 Å². The number of nitrogens with one attached hydrogen (secondary N) is 2. The molecule has 0 amide bonds. The van der Waals surface area contributed by atoms with Gasteiger partial charge in [0.2, 0.25) is 0 Å². The van der Waals surface area contributed by atoms with E-state index in [4.69, 9.17) is 4.98 Å². The van der Waals surface area contributed by atoms with Gasteiger partial charge in [0.05, 0.1) is 28.6 Å². The number of pyridine rings is 3. The lowest BCUT2D eigenvalue weighted by Gasteiger charge is -2.05. The first-order chi connectivity index (χ1) is 15.7. The maximum atomic E-state index is 14.0. The van der Waals surface area contributed by atoms with Crippen molar-refractivity contribution < 1.29 is 4.39 Å². The van der Waals surface area contributed by atoms with E-state index in [2.05, 4.69) is 25.1 Å². The smallest absolute Gasteiger partial charge is 0.135 e. The van der Waals surface area contributed by atoms with Gasteiger partial charge in [-0.25, -0.2) is 9.37 Å². The second-order valence-electron chi connectivity index (χ2n) is 7.75. The van der Waals surface area contributed by atoms with E-state index in [9.17, 15) is 4.39 Å². The average Bonchev–Trinajstić information content (AvgIpc) is 3.42. The molecule has 6 rings (SSSR count). The molecule has 6 nitrogen and oxygen atoms in total. The molecular weight excluding hydrogens is 403 g/mol. The summed E-state index contributed by atoms with van der Waals surface area (Å²) in [5.41, 5.74) is 8.32. The highest BCUT2D eigenvalue weighted by Crippen LogP contribution is 2.34.